The van der Waals surface area contributed by atoms with E-state index in [9.17, 15) is 69.0 Å². The topological polar surface area (TPSA) is 497 Å². The van der Waals surface area contributed by atoms with Crippen LogP contribution in [-0.2, 0) is 76.8 Å². The van der Waals surface area contributed by atoms with Crippen LogP contribution in [-0.4, -0.2) is 295 Å². The van der Waals surface area contributed by atoms with Crippen LogP contribution in [0.1, 0.15) is 56.7 Å². The highest BCUT2D eigenvalue weighted by molar-refractivity contribution is 8.76. The van der Waals surface area contributed by atoms with Gasteiger partial charge in [0.05, 0.1) is 51.0 Å². The van der Waals surface area contributed by atoms with Gasteiger partial charge in [-0.05, 0) is 62.4 Å². The van der Waals surface area contributed by atoms with Crippen LogP contribution in [0.5, 0.6) is 0 Å². The molecule has 2 saturated heterocycles. The lowest BCUT2D eigenvalue weighted by atomic mass is 10.0. The number of nitrogens with one attached hydrogen (secondary N) is 9. The molecule has 1 aromatic heterocycles. The van der Waals surface area contributed by atoms with Crippen molar-refractivity contribution >= 4 is 104 Å². The lowest BCUT2D eigenvalue weighted by Gasteiger charge is -2.33. The van der Waals surface area contributed by atoms with Crippen LogP contribution in [0.15, 0.2) is 91.1 Å². The summed E-state index contributed by atoms with van der Waals surface area (Å²) in [5, 5.41) is 90.6. The number of carboxylic acids is 4. The number of para-hydroxylation sites is 1. The minimum Gasteiger partial charge on any atom is -0.481 e. The van der Waals surface area contributed by atoms with E-state index < -0.39 is 158 Å². The zero-order valence-corrected chi connectivity index (χ0v) is 58.8. The van der Waals surface area contributed by atoms with Gasteiger partial charge in [-0.2, -0.15) is 0 Å². The normalized spacial score (nSPS) is 21.5. The third-order valence-corrected chi connectivity index (χ3v) is 18.9. The Morgan fingerprint density at radius 3 is 1.58 bits per heavy atom. The molecule has 2 aliphatic rings. The van der Waals surface area contributed by atoms with Gasteiger partial charge in [0, 0.05) is 107 Å². The molecule has 3 unspecified atom stereocenters. The molecule has 6 rings (SSSR count). The van der Waals surface area contributed by atoms with Crippen LogP contribution in [0.2, 0.25) is 0 Å². The number of aliphatic hydroxyl groups is 3. The maximum Gasteiger partial charge on any atom is 0.317 e. The van der Waals surface area contributed by atoms with Crippen molar-refractivity contribution < 1.29 is 93.3 Å². The number of benzene rings is 3. The summed E-state index contributed by atoms with van der Waals surface area (Å²) < 4.78 is 0. The van der Waals surface area contributed by atoms with Crippen molar-refractivity contribution in [3.63, 3.8) is 0 Å². The number of H-pyrrole nitrogens is 1. The monoisotopic (exact) mass is 1460 g/mol. The fourth-order valence-corrected chi connectivity index (χ4v) is 13.4. The van der Waals surface area contributed by atoms with Gasteiger partial charge >= 0.3 is 17.9 Å². The molecule has 4 aromatic rings. The Morgan fingerprint density at radius 2 is 1.06 bits per heavy atom. The molecule has 35 heteroatoms. The summed E-state index contributed by atoms with van der Waals surface area (Å²) in [6.45, 7) is 2.34. The Bertz CT molecular complexity index is 3380. The highest BCUT2D eigenvalue weighted by Crippen LogP contribution is 2.25. The number of nitrogens with zero attached hydrogens (tertiary/aromatic N) is 4. The number of hydrogen-bond donors (Lipinski definition) is 17. The molecule has 33 nitrogen and oxygen atoms in total. The molecule has 18 N–H and O–H groups in total. The standard InChI is InChI=1S/C65H92N14O17S2.C2H4O2/c1-40(81)51(37-80)72-64(95)53-39-98-97-38-52(73-60(91)48(29-42-13-5-3-6-14-42)68-54(83)33-76-21-23-77(34-55(84)85)25-27-79(36-57(88)89)28-26-78(24-22-76)35-56(86)87)63(94)70-49(30-43-15-7-4-8-16-43)61(92)71-50(31-44-32-67-46-18-10-9-17-45(44)46)62(93)69-47(19-11-12-20-66)59(90)75-58(41(2)82)65(96)74-53;1-2(3)4/h3-10,13-18,32,40-41,47-53,58,67,80-82H,11-12,19-31,33-39,66H2,1-2H3,(H,68,83)(H,69,93)(H,70,94)(H,71,92)(H,72,95)(H,73,91)(H,74,96)(H,75,90)(H,84,85)(H,86,87)(H,88,89);1H3,(H,3,4)/t40-,41-,47?,48-,49+,50-,51-,52?,53+,58?;/m1./s1. The molecule has 2 aliphatic heterocycles. The Labute approximate surface area is 598 Å². The van der Waals surface area contributed by atoms with Crippen molar-refractivity contribution in [3.05, 3.63) is 108 Å². The van der Waals surface area contributed by atoms with Crippen molar-refractivity contribution in [2.75, 3.05) is 103 Å². The predicted octanol–water partition coefficient (Wildman–Crippen LogP) is -3.08. The van der Waals surface area contributed by atoms with Gasteiger partial charge in [0.25, 0.3) is 5.97 Å². The predicted molar refractivity (Wildman–Crippen MR) is 378 cm³/mol. The van der Waals surface area contributed by atoms with E-state index in [2.05, 4.69) is 47.5 Å². The third kappa shape index (κ3) is 30.0. The summed E-state index contributed by atoms with van der Waals surface area (Å²) in [5.41, 5.74) is 8.27. The van der Waals surface area contributed by atoms with Gasteiger partial charge < -0.3 is 89.0 Å². The maximum absolute atomic E-state index is 15.3. The summed E-state index contributed by atoms with van der Waals surface area (Å²) in [4.78, 5) is 172. The highest BCUT2D eigenvalue weighted by Gasteiger charge is 2.37. The number of hydrogen-bond acceptors (Lipinski definition) is 22. The zero-order valence-electron chi connectivity index (χ0n) is 57.2. The summed E-state index contributed by atoms with van der Waals surface area (Å²) in [7, 11) is 1.86. The first-order valence-corrected chi connectivity index (χ1v) is 35.8. The number of aromatic amines is 1. The van der Waals surface area contributed by atoms with E-state index in [1.807, 2.05) is 12.1 Å². The second-order valence-corrected chi connectivity index (χ2v) is 27.3. The van der Waals surface area contributed by atoms with E-state index in [-0.39, 0.29) is 103 Å². The molecule has 10 atom stereocenters. The lowest BCUT2D eigenvalue weighted by Crippen LogP contribution is -2.62. The molecule has 0 radical (unpaired) electrons. The van der Waals surface area contributed by atoms with E-state index in [1.54, 1.807) is 98.6 Å². The minimum atomic E-state index is -1.76. The summed E-state index contributed by atoms with van der Waals surface area (Å²) in [6.07, 6.45) is -1.04. The van der Waals surface area contributed by atoms with Gasteiger partial charge in [-0.25, -0.2) is 0 Å². The zero-order chi connectivity index (χ0) is 74.8. The Balaban J connectivity index is 0.00000455. The number of nitrogens with two attached hydrogens (primary N) is 1. The molecule has 0 bridgehead atoms. The van der Waals surface area contributed by atoms with Gasteiger partial charge in [0.2, 0.25) is 47.3 Å². The summed E-state index contributed by atoms with van der Waals surface area (Å²) >= 11 is 0. The smallest absolute Gasteiger partial charge is 0.317 e. The van der Waals surface area contributed by atoms with E-state index in [0.29, 0.717) is 40.4 Å². The number of carbonyl (C=O) groups is 12. The Hall–Kier alpha value is -8.78. The molecule has 8 amide bonds. The molecule has 560 valence electrons. The van der Waals surface area contributed by atoms with Crippen molar-refractivity contribution in [1.82, 2.24) is 67.1 Å². The average molecular weight is 1470 g/mol. The third-order valence-electron chi connectivity index (χ3n) is 16.5. The van der Waals surface area contributed by atoms with Gasteiger partial charge in [-0.3, -0.25) is 77.1 Å². The van der Waals surface area contributed by atoms with E-state index in [4.69, 9.17) is 15.6 Å². The summed E-state index contributed by atoms with van der Waals surface area (Å²) in [5.74, 6) is -12.0. The van der Waals surface area contributed by atoms with Crippen molar-refractivity contribution in [1.29, 1.82) is 0 Å². The van der Waals surface area contributed by atoms with Crippen LogP contribution in [0.4, 0.5) is 0 Å². The van der Waals surface area contributed by atoms with Crippen molar-refractivity contribution in [3.8, 4) is 0 Å². The van der Waals surface area contributed by atoms with Gasteiger partial charge in [0.15, 0.2) is 0 Å². The number of aromatic nitrogens is 1. The largest absolute Gasteiger partial charge is 0.481 e. The van der Waals surface area contributed by atoms with Crippen LogP contribution < -0.4 is 48.3 Å². The quantitative estimate of drug-likeness (QED) is 0.0219. The van der Waals surface area contributed by atoms with Crippen molar-refractivity contribution in [2.24, 2.45) is 5.73 Å². The maximum atomic E-state index is 15.3. The molecule has 3 heterocycles. The van der Waals surface area contributed by atoms with E-state index in [0.717, 1.165) is 28.5 Å². The number of carboxylic acid groups (broad SMARTS) is 4. The molecular weight excluding hydrogens is 1370 g/mol. The first kappa shape index (κ1) is 83.9. The Morgan fingerprint density at radius 1 is 0.578 bits per heavy atom. The average Bonchev–Trinajstić information content (AvgIpc) is 1.63. The summed E-state index contributed by atoms with van der Waals surface area (Å²) in [6, 6.07) is 12.5. The molecule has 3 aromatic carbocycles. The number of carbonyl (C=O) groups excluding carboxylic acids is 8. The molecule has 0 saturated carbocycles. The fourth-order valence-electron chi connectivity index (χ4n) is 11.0. The van der Waals surface area contributed by atoms with Gasteiger partial charge in [-0.15, -0.1) is 0 Å². The number of aliphatic carboxylic acids is 4. The first-order chi connectivity index (χ1) is 48.6. The molecule has 0 spiro atoms. The highest BCUT2D eigenvalue weighted by atomic mass is 33.1. The molecule has 0 aliphatic carbocycles. The van der Waals surface area contributed by atoms with Crippen LogP contribution >= 0.6 is 21.6 Å². The van der Waals surface area contributed by atoms with Crippen LogP contribution in [0.25, 0.3) is 10.9 Å². The molecular formula is C67H96N14O19S2. The van der Waals surface area contributed by atoms with Crippen LogP contribution in [0.3, 0.4) is 0 Å². The Kier molecular flexibility index (Phi) is 36.1. The minimum absolute atomic E-state index is 0.0330. The van der Waals surface area contributed by atoms with E-state index >= 15 is 14.4 Å². The van der Waals surface area contributed by atoms with E-state index in [1.165, 1.54) is 13.8 Å². The van der Waals surface area contributed by atoms with Crippen molar-refractivity contribution in [2.45, 2.75) is 120 Å². The second kappa shape index (κ2) is 43.9. The van der Waals surface area contributed by atoms with Gasteiger partial charge in [-0.1, -0.05) is 100 Å². The number of fused-ring (bicyclic) bond motifs is 1. The number of aliphatic hydroxyl groups excluding tert-OH is 3. The number of unbranched alkanes of at least 4 members (excludes halogenated alkanes) is 1. The van der Waals surface area contributed by atoms with Gasteiger partial charge in [0.1, 0.15) is 42.3 Å². The number of amides is 8. The molecule has 102 heavy (non-hydrogen) atoms. The first-order valence-electron chi connectivity index (χ1n) is 33.3. The van der Waals surface area contributed by atoms with Crippen LogP contribution in [0, 0.1) is 0 Å². The molecule has 2 fully saturated rings. The SMILES string of the molecule is CC(=O)O.C[C@@H](O)C1NC(=O)C(CCCCN)NC(=O)[C@@H](Cc2c[nH]c3ccccc23)NC(=O)[C@H](Cc2ccccc2)NC(=O)C(NC(=O)[C@@H](Cc2ccccc2)NC(=O)CN2CCN(CC(=O)O)CCN(CC(=O)O)CCN(CC(=O)O)CC2)CSSC[C@@H](C(=O)N[C@H](CO)[C@@H](C)O)NC1=O. The number of rotatable bonds is 26. The fraction of sp³-hybridized carbons (Fsp3) is 0.522. The lowest BCUT2D eigenvalue weighted by molar-refractivity contribution is -0.140. The second-order valence-electron chi connectivity index (χ2n) is 24.8.